The van der Waals surface area contributed by atoms with E-state index in [9.17, 15) is 0 Å². The molecule has 14 heavy (non-hydrogen) atoms. The maximum Gasteiger partial charge on any atom is 0.122 e. The Balaban J connectivity index is 2.33. The zero-order valence-electron chi connectivity index (χ0n) is 8.07. The van der Waals surface area contributed by atoms with E-state index in [0.717, 1.165) is 25.2 Å². The van der Waals surface area contributed by atoms with Gasteiger partial charge in [-0.1, -0.05) is 18.2 Å². The first kappa shape index (κ1) is 9.08. The monoisotopic (exact) mass is 187 g/mol. The standard InChI is InChI=1S/C12H13NO/c13-8-7-10-4-3-9-14-12-6-2-1-5-11(10)12/h1-2,5-6,10H,3-4,7,9H2. The molecule has 1 aliphatic heterocycles. The highest BCUT2D eigenvalue weighted by molar-refractivity contribution is 5.37. The van der Waals surface area contributed by atoms with Gasteiger partial charge in [0, 0.05) is 12.3 Å². The second-order valence-electron chi connectivity index (χ2n) is 3.59. The van der Waals surface area contributed by atoms with E-state index < -0.39 is 0 Å². The minimum Gasteiger partial charge on any atom is -0.493 e. The summed E-state index contributed by atoms with van der Waals surface area (Å²) in [6, 6.07) is 10.3. The van der Waals surface area contributed by atoms with Crippen molar-refractivity contribution >= 4 is 0 Å². The van der Waals surface area contributed by atoms with Gasteiger partial charge in [0.2, 0.25) is 0 Å². The van der Waals surface area contributed by atoms with Crippen LogP contribution in [-0.2, 0) is 0 Å². The average molecular weight is 187 g/mol. The highest BCUT2D eigenvalue weighted by atomic mass is 16.5. The largest absolute Gasteiger partial charge is 0.493 e. The van der Waals surface area contributed by atoms with Crippen LogP contribution in [0, 0.1) is 11.3 Å². The van der Waals surface area contributed by atoms with Crippen LogP contribution in [-0.4, -0.2) is 6.61 Å². The van der Waals surface area contributed by atoms with Crippen molar-refractivity contribution in [1.29, 1.82) is 5.26 Å². The van der Waals surface area contributed by atoms with Gasteiger partial charge in [0.05, 0.1) is 12.7 Å². The molecule has 1 heterocycles. The van der Waals surface area contributed by atoms with E-state index in [4.69, 9.17) is 10.00 Å². The molecule has 1 aliphatic rings. The Bertz CT molecular complexity index is 354. The fourth-order valence-corrected chi connectivity index (χ4v) is 1.94. The average Bonchev–Trinajstić information content (AvgIpc) is 2.42. The third kappa shape index (κ3) is 1.72. The molecule has 1 unspecified atom stereocenters. The maximum atomic E-state index is 8.75. The molecule has 0 bridgehead atoms. The third-order valence-corrected chi connectivity index (χ3v) is 2.65. The predicted octanol–water partition coefficient (Wildman–Crippen LogP) is 2.86. The molecule has 2 nitrogen and oxygen atoms in total. The van der Waals surface area contributed by atoms with Gasteiger partial charge in [0.1, 0.15) is 5.75 Å². The van der Waals surface area contributed by atoms with E-state index in [0.29, 0.717) is 12.3 Å². The zero-order chi connectivity index (χ0) is 9.80. The van der Waals surface area contributed by atoms with Crippen LogP contribution in [0.25, 0.3) is 0 Å². The number of rotatable bonds is 1. The van der Waals surface area contributed by atoms with Crippen LogP contribution in [0.5, 0.6) is 5.75 Å². The quantitative estimate of drug-likeness (QED) is 0.677. The number of ether oxygens (including phenoxy) is 1. The van der Waals surface area contributed by atoms with Crippen molar-refractivity contribution in [3.05, 3.63) is 29.8 Å². The summed E-state index contributed by atoms with van der Waals surface area (Å²) < 4.78 is 5.62. The fraction of sp³-hybridized carbons (Fsp3) is 0.417. The number of fused-ring (bicyclic) bond motifs is 1. The molecule has 0 amide bonds. The first-order valence-electron chi connectivity index (χ1n) is 5.00. The topological polar surface area (TPSA) is 33.0 Å². The van der Waals surface area contributed by atoms with E-state index in [1.165, 1.54) is 5.56 Å². The van der Waals surface area contributed by atoms with E-state index in [2.05, 4.69) is 12.1 Å². The van der Waals surface area contributed by atoms with E-state index in [1.54, 1.807) is 0 Å². The van der Waals surface area contributed by atoms with Gasteiger partial charge in [0.25, 0.3) is 0 Å². The van der Waals surface area contributed by atoms with Gasteiger partial charge in [0.15, 0.2) is 0 Å². The number of hydrogen-bond donors (Lipinski definition) is 0. The van der Waals surface area contributed by atoms with Crippen LogP contribution >= 0.6 is 0 Å². The van der Waals surface area contributed by atoms with Gasteiger partial charge in [-0.25, -0.2) is 0 Å². The molecule has 0 N–H and O–H groups in total. The lowest BCUT2D eigenvalue weighted by Crippen LogP contribution is -1.96. The summed E-state index contributed by atoms with van der Waals surface area (Å²) in [6.45, 7) is 0.777. The molecular formula is C12H13NO. The normalized spacial score (nSPS) is 20.1. The predicted molar refractivity (Wildman–Crippen MR) is 54.1 cm³/mol. The Kier molecular flexibility index (Phi) is 2.69. The van der Waals surface area contributed by atoms with Crippen molar-refractivity contribution in [2.75, 3.05) is 6.61 Å². The van der Waals surface area contributed by atoms with Crippen molar-refractivity contribution in [1.82, 2.24) is 0 Å². The number of nitrogens with zero attached hydrogens (tertiary/aromatic N) is 1. The molecule has 1 atom stereocenters. The van der Waals surface area contributed by atoms with Gasteiger partial charge >= 0.3 is 0 Å². The van der Waals surface area contributed by atoms with E-state index in [-0.39, 0.29) is 0 Å². The highest BCUT2D eigenvalue weighted by Gasteiger charge is 2.18. The molecule has 0 spiro atoms. The highest BCUT2D eigenvalue weighted by Crippen LogP contribution is 2.34. The Morgan fingerprint density at radius 2 is 2.29 bits per heavy atom. The third-order valence-electron chi connectivity index (χ3n) is 2.65. The van der Waals surface area contributed by atoms with Crippen LogP contribution in [0.3, 0.4) is 0 Å². The van der Waals surface area contributed by atoms with Crippen LogP contribution < -0.4 is 4.74 Å². The Morgan fingerprint density at radius 3 is 3.14 bits per heavy atom. The van der Waals surface area contributed by atoms with Crippen LogP contribution in [0.4, 0.5) is 0 Å². The minimum absolute atomic E-state index is 0.360. The fourth-order valence-electron chi connectivity index (χ4n) is 1.94. The molecule has 2 rings (SSSR count). The lowest BCUT2D eigenvalue weighted by atomic mass is 9.92. The number of hydrogen-bond acceptors (Lipinski definition) is 2. The summed E-state index contributed by atoms with van der Waals surface area (Å²) in [5.41, 5.74) is 1.20. The number of nitriles is 1. The van der Waals surface area contributed by atoms with Gasteiger partial charge < -0.3 is 4.74 Å². The first-order chi connectivity index (χ1) is 6.92. The Morgan fingerprint density at radius 1 is 1.43 bits per heavy atom. The molecule has 1 aromatic carbocycles. The van der Waals surface area contributed by atoms with Crippen molar-refractivity contribution in [2.24, 2.45) is 0 Å². The summed E-state index contributed by atoms with van der Waals surface area (Å²) in [5.74, 6) is 1.32. The van der Waals surface area contributed by atoms with Crippen molar-refractivity contribution in [2.45, 2.75) is 25.2 Å². The summed E-state index contributed by atoms with van der Waals surface area (Å²) in [7, 11) is 0. The second kappa shape index (κ2) is 4.15. The van der Waals surface area contributed by atoms with Crippen LogP contribution in [0.1, 0.15) is 30.7 Å². The zero-order valence-corrected chi connectivity index (χ0v) is 8.07. The molecule has 0 aliphatic carbocycles. The molecule has 0 aromatic heterocycles. The van der Waals surface area contributed by atoms with Gasteiger partial charge in [-0.05, 0) is 24.5 Å². The molecule has 0 saturated heterocycles. The molecule has 0 fully saturated rings. The molecule has 72 valence electrons. The summed E-state index contributed by atoms with van der Waals surface area (Å²) in [6.07, 6.45) is 2.70. The molecular weight excluding hydrogens is 174 g/mol. The number of para-hydroxylation sites is 1. The SMILES string of the molecule is N#CCC1CCCOc2ccccc21. The summed E-state index contributed by atoms with van der Waals surface area (Å²) in [4.78, 5) is 0. The van der Waals surface area contributed by atoms with Crippen molar-refractivity contribution in [3.8, 4) is 11.8 Å². The van der Waals surface area contributed by atoms with E-state index >= 15 is 0 Å². The summed E-state index contributed by atoms with van der Waals surface area (Å²) in [5, 5.41) is 8.75. The second-order valence-corrected chi connectivity index (χ2v) is 3.59. The van der Waals surface area contributed by atoms with Crippen molar-refractivity contribution < 1.29 is 4.74 Å². The minimum atomic E-state index is 0.360. The summed E-state index contributed by atoms with van der Waals surface area (Å²) >= 11 is 0. The lowest BCUT2D eigenvalue weighted by Gasteiger charge is -2.12. The van der Waals surface area contributed by atoms with Gasteiger partial charge in [-0.15, -0.1) is 0 Å². The van der Waals surface area contributed by atoms with Gasteiger partial charge in [-0.2, -0.15) is 5.26 Å². The number of benzene rings is 1. The Labute approximate surface area is 84.1 Å². The molecule has 0 saturated carbocycles. The lowest BCUT2D eigenvalue weighted by molar-refractivity contribution is 0.316. The Hall–Kier alpha value is -1.49. The maximum absolute atomic E-state index is 8.75. The molecule has 1 aromatic rings. The molecule has 0 radical (unpaired) electrons. The van der Waals surface area contributed by atoms with Crippen LogP contribution in [0.2, 0.25) is 0 Å². The molecule has 2 heteroatoms. The van der Waals surface area contributed by atoms with Crippen LogP contribution in [0.15, 0.2) is 24.3 Å². The van der Waals surface area contributed by atoms with Crippen molar-refractivity contribution in [3.63, 3.8) is 0 Å². The smallest absolute Gasteiger partial charge is 0.122 e. The first-order valence-corrected chi connectivity index (χ1v) is 5.00. The van der Waals surface area contributed by atoms with E-state index in [1.807, 2.05) is 18.2 Å². The van der Waals surface area contributed by atoms with Gasteiger partial charge in [-0.3, -0.25) is 0 Å².